The van der Waals surface area contributed by atoms with Gasteiger partial charge in [-0.2, -0.15) is 5.26 Å². The van der Waals surface area contributed by atoms with Crippen LogP contribution in [0.15, 0.2) is 12.1 Å². The number of nitrogens with zero attached hydrogens (tertiary/aromatic N) is 3. The van der Waals surface area contributed by atoms with Crippen LogP contribution in [0.2, 0.25) is 0 Å². The Morgan fingerprint density at radius 2 is 2.30 bits per heavy atom. The van der Waals surface area contributed by atoms with Crippen molar-refractivity contribution in [3.8, 4) is 6.07 Å². The van der Waals surface area contributed by atoms with Crippen LogP contribution in [0, 0.1) is 27.4 Å². The Labute approximate surface area is 117 Å². The highest BCUT2D eigenvalue weighted by Crippen LogP contribution is 2.19. The molecule has 0 fully saturated rings. The third-order valence-electron chi connectivity index (χ3n) is 2.98. The lowest BCUT2D eigenvalue weighted by Crippen LogP contribution is -2.16. The van der Waals surface area contributed by atoms with Crippen molar-refractivity contribution in [1.82, 2.24) is 4.98 Å². The van der Waals surface area contributed by atoms with E-state index < -0.39 is 4.92 Å². The largest absolute Gasteiger partial charge is 0.396 e. The summed E-state index contributed by atoms with van der Waals surface area (Å²) >= 11 is 0. The molecule has 7 nitrogen and oxygen atoms in total. The molecule has 1 unspecified atom stereocenters. The smallest absolute Gasteiger partial charge is 0.305 e. The van der Waals surface area contributed by atoms with E-state index in [0.717, 1.165) is 12.8 Å². The molecule has 0 saturated heterocycles. The van der Waals surface area contributed by atoms with Gasteiger partial charge in [-0.15, -0.1) is 0 Å². The second kappa shape index (κ2) is 8.07. The quantitative estimate of drug-likeness (QED) is 0.556. The van der Waals surface area contributed by atoms with Gasteiger partial charge >= 0.3 is 5.69 Å². The molecule has 108 valence electrons. The molecule has 1 aromatic rings. The molecule has 0 spiro atoms. The fourth-order valence-electron chi connectivity index (χ4n) is 1.97. The highest BCUT2D eigenvalue weighted by Gasteiger charge is 2.16. The van der Waals surface area contributed by atoms with Crippen molar-refractivity contribution in [3.63, 3.8) is 0 Å². The molecule has 20 heavy (non-hydrogen) atoms. The monoisotopic (exact) mass is 278 g/mol. The van der Waals surface area contributed by atoms with Crippen molar-refractivity contribution >= 4 is 11.5 Å². The third-order valence-corrected chi connectivity index (χ3v) is 2.98. The first kappa shape index (κ1) is 15.9. The summed E-state index contributed by atoms with van der Waals surface area (Å²) < 4.78 is 0. The number of aliphatic hydroxyl groups excluding tert-OH is 1. The van der Waals surface area contributed by atoms with Crippen LogP contribution in [0.3, 0.4) is 0 Å². The second-order valence-electron chi connectivity index (χ2n) is 4.48. The third kappa shape index (κ3) is 4.48. The molecule has 1 aromatic heterocycles. The fourth-order valence-corrected chi connectivity index (χ4v) is 1.97. The van der Waals surface area contributed by atoms with Gasteiger partial charge in [-0.3, -0.25) is 10.1 Å². The van der Waals surface area contributed by atoms with Gasteiger partial charge < -0.3 is 10.4 Å². The molecular weight excluding hydrogens is 260 g/mol. The summed E-state index contributed by atoms with van der Waals surface area (Å²) in [6.07, 6.45) is 2.69. The van der Waals surface area contributed by atoms with E-state index in [1.165, 1.54) is 12.1 Å². The molecule has 0 aliphatic rings. The van der Waals surface area contributed by atoms with E-state index in [0.29, 0.717) is 24.7 Å². The average Bonchev–Trinajstić information content (AvgIpc) is 2.44. The summed E-state index contributed by atoms with van der Waals surface area (Å²) in [5, 5.41) is 31.6. The maximum atomic E-state index is 10.7. The van der Waals surface area contributed by atoms with Gasteiger partial charge in [-0.25, -0.2) is 4.98 Å². The summed E-state index contributed by atoms with van der Waals surface area (Å²) in [7, 11) is 0. The fraction of sp³-hybridized carbons (Fsp3) is 0.538. The molecular formula is C13H18N4O3. The van der Waals surface area contributed by atoms with E-state index in [4.69, 9.17) is 10.4 Å². The highest BCUT2D eigenvalue weighted by molar-refractivity contribution is 5.50. The number of nitriles is 1. The number of rotatable bonds is 8. The first-order valence-electron chi connectivity index (χ1n) is 6.52. The Bertz CT molecular complexity index is 493. The topological polar surface area (TPSA) is 112 Å². The van der Waals surface area contributed by atoms with Gasteiger partial charge in [0.25, 0.3) is 0 Å². The Morgan fingerprint density at radius 1 is 1.55 bits per heavy atom. The van der Waals surface area contributed by atoms with Gasteiger partial charge in [0.2, 0.25) is 5.69 Å². The summed E-state index contributed by atoms with van der Waals surface area (Å²) in [4.78, 5) is 14.0. The van der Waals surface area contributed by atoms with E-state index in [1.807, 2.05) is 0 Å². The van der Waals surface area contributed by atoms with E-state index in [1.54, 1.807) is 6.07 Å². The van der Waals surface area contributed by atoms with Gasteiger partial charge in [0.1, 0.15) is 11.9 Å². The van der Waals surface area contributed by atoms with Crippen molar-refractivity contribution in [2.75, 3.05) is 18.5 Å². The van der Waals surface area contributed by atoms with Gasteiger partial charge in [0, 0.05) is 19.2 Å². The number of pyridine rings is 1. The van der Waals surface area contributed by atoms with Gasteiger partial charge in [-0.05, 0) is 24.8 Å². The Hall–Kier alpha value is -2.20. The van der Waals surface area contributed by atoms with Crippen LogP contribution in [-0.4, -0.2) is 28.2 Å². The van der Waals surface area contributed by atoms with Crippen molar-refractivity contribution in [1.29, 1.82) is 5.26 Å². The number of nitro groups is 1. The first-order valence-corrected chi connectivity index (χ1v) is 6.52. The average molecular weight is 278 g/mol. The number of aromatic nitrogens is 1. The molecule has 1 heterocycles. The van der Waals surface area contributed by atoms with E-state index >= 15 is 0 Å². The highest BCUT2D eigenvalue weighted by atomic mass is 16.6. The molecule has 7 heteroatoms. The van der Waals surface area contributed by atoms with Gasteiger partial charge in [0.05, 0.1) is 4.92 Å². The number of aliphatic hydroxyl groups is 1. The molecule has 1 rings (SSSR count). The molecule has 0 radical (unpaired) electrons. The summed E-state index contributed by atoms with van der Waals surface area (Å²) in [6.45, 7) is 2.82. The van der Waals surface area contributed by atoms with E-state index in [2.05, 4.69) is 17.2 Å². The normalized spacial score (nSPS) is 11.7. The maximum Gasteiger partial charge on any atom is 0.305 e. The first-order chi connectivity index (χ1) is 9.62. The molecule has 2 N–H and O–H groups in total. The van der Waals surface area contributed by atoms with E-state index in [-0.39, 0.29) is 18.0 Å². The standard InChI is InChI=1S/C13H18N4O3/c1-2-3-10(6-7-18)9-15-13-5-4-12(17(19)20)11(8-14)16-13/h4-5,10,18H,2-3,6-7,9H2,1H3,(H,15,16). The predicted octanol–water partition coefficient (Wildman–Crippen LogP) is 2.07. The minimum absolute atomic E-state index is 0.128. The Balaban J connectivity index is 2.73. The van der Waals surface area contributed by atoms with Crippen LogP contribution in [-0.2, 0) is 0 Å². The summed E-state index contributed by atoms with van der Waals surface area (Å²) in [5.74, 6) is 0.749. The lowest BCUT2D eigenvalue weighted by Gasteiger charge is -2.16. The molecule has 0 aliphatic carbocycles. The minimum atomic E-state index is -0.624. The van der Waals surface area contributed by atoms with Crippen molar-refractivity contribution in [2.45, 2.75) is 26.2 Å². The Kier molecular flexibility index (Phi) is 6.40. The van der Waals surface area contributed by atoms with Crippen LogP contribution >= 0.6 is 0 Å². The minimum Gasteiger partial charge on any atom is -0.396 e. The lowest BCUT2D eigenvalue weighted by atomic mass is 10.0. The van der Waals surface area contributed by atoms with Crippen molar-refractivity contribution in [2.24, 2.45) is 5.92 Å². The zero-order valence-corrected chi connectivity index (χ0v) is 11.4. The molecule has 0 aliphatic heterocycles. The zero-order chi connectivity index (χ0) is 15.0. The van der Waals surface area contributed by atoms with Crippen LogP contribution in [0.5, 0.6) is 0 Å². The van der Waals surface area contributed by atoms with Crippen molar-refractivity contribution in [3.05, 3.63) is 27.9 Å². The molecule has 1 atom stereocenters. The second-order valence-corrected chi connectivity index (χ2v) is 4.48. The van der Waals surface area contributed by atoms with Crippen molar-refractivity contribution < 1.29 is 10.0 Å². The van der Waals surface area contributed by atoms with Crippen LogP contribution < -0.4 is 5.32 Å². The maximum absolute atomic E-state index is 10.7. The molecule has 0 saturated carbocycles. The number of nitrogens with one attached hydrogen (secondary N) is 1. The van der Waals surface area contributed by atoms with Gasteiger partial charge in [0.15, 0.2) is 0 Å². The molecule has 0 amide bonds. The van der Waals surface area contributed by atoms with Crippen LogP contribution in [0.1, 0.15) is 31.9 Å². The SMILES string of the molecule is CCCC(CCO)CNc1ccc([N+](=O)[O-])c(C#N)n1. The zero-order valence-electron chi connectivity index (χ0n) is 11.4. The van der Waals surface area contributed by atoms with Crippen LogP contribution in [0.4, 0.5) is 11.5 Å². The molecule has 0 bridgehead atoms. The Morgan fingerprint density at radius 3 is 2.85 bits per heavy atom. The number of hydrogen-bond donors (Lipinski definition) is 2. The van der Waals surface area contributed by atoms with E-state index in [9.17, 15) is 10.1 Å². The number of anilines is 1. The van der Waals surface area contributed by atoms with Crippen LogP contribution in [0.25, 0.3) is 0 Å². The summed E-state index contributed by atoms with van der Waals surface area (Å²) in [5.41, 5.74) is -0.493. The van der Waals surface area contributed by atoms with Gasteiger partial charge in [-0.1, -0.05) is 13.3 Å². The molecule has 0 aromatic carbocycles. The predicted molar refractivity (Wildman–Crippen MR) is 74.2 cm³/mol. The summed E-state index contributed by atoms with van der Waals surface area (Å²) in [6, 6.07) is 4.48. The lowest BCUT2D eigenvalue weighted by molar-refractivity contribution is -0.385. The number of hydrogen-bond acceptors (Lipinski definition) is 6.